The molecule has 0 spiro atoms. The SMILES string of the molecule is CCc1ccc(O[C@@H](C)c2nnc(SCC(=O)Nc3nc(-c4ccc(Cl)cc4)cs3)n2C)cc1. The summed E-state index contributed by atoms with van der Waals surface area (Å²) in [6.45, 7) is 4.05. The van der Waals surface area contributed by atoms with Crippen LogP contribution in [0.15, 0.2) is 59.1 Å². The topological polar surface area (TPSA) is 81.9 Å². The Balaban J connectivity index is 1.31. The maximum absolute atomic E-state index is 12.5. The van der Waals surface area contributed by atoms with Gasteiger partial charge in [-0.05, 0) is 43.2 Å². The number of carbonyl (C=O) groups excluding carboxylic acids is 1. The highest BCUT2D eigenvalue weighted by molar-refractivity contribution is 7.99. The van der Waals surface area contributed by atoms with Crippen LogP contribution in [0.5, 0.6) is 5.75 Å². The lowest BCUT2D eigenvalue weighted by molar-refractivity contribution is -0.113. The number of nitrogens with zero attached hydrogens (tertiary/aromatic N) is 4. The summed E-state index contributed by atoms with van der Waals surface area (Å²) in [7, 11) is 1.87. The first kappa shape index (κ1) is 24.3. The van der Waals surface area contributed by atoms with Gasteiger partial charge in [-0.15, -0.1) is 21.5 Å². The summed E-state index contributed by atoms with van der Waals surface area (Å²) in [5.74, 6) is 1.50. The number of thiazole rings is 1. The molecule has 7 nitrogen and oxygen atoms in total. The molecule has 176 valence electrons. The van der Waals surface area contributed by atoms with Gasteiger partial charge >= 0.3 is 0 Å². The molecule has 1 N–H and O–H groups in total. The standard InChI is InChI=1S/C24H24ClN5O2S2/c1-4-16-5-11-19(12-6-16)32-15(2)22-28-29-24(30(22)3)34-14-21(31)27-23-26-20(13-33-23)17-7-9-18(25)10-8-17/h5-13,15H,4,14H2,1-3H3,(H,26,27,31)/t15-/m0/s1. The molecule has 10 heteroatoms. The quantitative estimate of drug-likeness (QED) is 0.275. The number of hydrogen-bond acceptors (Lipinski definition) is 7. The van der Waals surface area contributed by atoms with Gasteiger partial charge in [0.15, 0.2) is 22.2 Å². The molecule has 1 amide bonds. The molecule has 2 aromatic heterocycles. The number of amides is 1. The number of aryl methyl sites for hydroxylation is 1. The van der Waals surface area contributed by atoms with Gasteiger partial charge in [-0.25, -0.2) is 4.98 Å². The number of carbonyl (C=O) groups is 1. The third kappa shape index (κ3) is 5.97. The molecule has 4 aromatic rings. The number of aromatic nitrogens is 4. The van der Waals surface area contributed by atoms with E-state index in [-0.39, 0.29) is 17.8 Å². The van der Waals surface area contributed by atoms with E-state index in [2.05, 4.69) is 39.6 Å². The highest BCUT2D eigenvalue weighted by Gasteiger charge is 2.18. The molecule has 0 radical (unpaired) electrons. The summed E-state index contributed by atoms with van der Waals surface area (Å²) in [6, 6.07) is 15.5. The number of hydrogen-bond donors (Lipinski definition) is 1. The third-order valence-corrected chi connectivity index (χ3v) is 7.13. The van der Waals surface area contributed by atoms with Crippen LogP contribution in [0.25, 0.3) is 11.3 Å². The molecule has 2 aromatic carbocycles. The highest BCUT2D eigenvalue weighted by Crippen LogP contribution is 2.27. The van der Waals surface area contributed by atoms with E-state index in [0.717, 1.165) is 23.4 Å². The molecule has 1 atom stereocenters. The number of thioether (sulfide) groups is 1. The fraction of sp³-hybridized carbons (Fsp3) is 0.250. The van der Waals surface area contributed by atoms with Crippen LogP contribution in [-0.4, -0.2) is 31.4 Å². The van der Waals surface area contributed by atoms with Crippen molar-refractivity contribution in [3.8, 4) is 17.0 Å². The highest BCUT2D eigenvalue weighted by atomic mass is 35.5. The average Bonchev–Trinajstić information content (AvgIpc) is 3.45. The molecule has 4 rings (SSSR count). The van der Waals surface area contributed by atoms with Crippen LogP contribution in [0.1, 0.15) is 31.3 Å². The van der Waals surface area contributed by atoms with Gasteiger partial charge in [0.25, 0.3) is 0 Å². The normalized spacial score (nSPS) is 11.9. The van der Waals surface area contributed by atoms with E-state index in [1.165, 1.54) is 28.7 Å². The van der Waals surface area contributed by atoms with E-state index in [0.29, 0.717) is 21.1 Å². The van der Waals surface area contributed by atoms with Crippen LogP contribution in [0.4, 0.5) is 5.13 Å². The summed E-state index contributed by atoms with van der Waals surface area (Å²) in [5.41, 5.74) is 3.00. The fourth-order valence-corrected chi connectivity index (χ4v) is 4.82. The van der Waals surface area contributed by atoms with E-state index in [1.807, 2.05) is 60.3 Å². The summed E-state index contributed by atoms with van der Waals surface area (Å²) in [4.78, 5) is 16.9. The van der Waals surface area contributed by atoms with Crippen LogP contribution in [0, 0.1) is 0 Å². The molecular formula is C24H24ClN5O2S2. The van der Waals surface area contributed by atoms with Gasteiger partial charge in [0.05, 0.1) is 11.4 Å². The van der Waals surface area contributed by atoms with Crippen molar-refractivity contribution in [2.24, 2.45) is 7.05 Å². The number of anilines is 1. The molecule has 34 heavy (non-hydrogen) atoms. The number of ether oxygens (including phenoxy) is 1. The van der Waals surface area contributed by atoms with Crippen molar-refractivity contribution in [1.29, 1.82) is 0 Å². The minimum Gasteiger partial charge on any atom is -0.483 e. The van der Waals surface area contributed by atoms with Gasteiger partial charge in [-0.3, -0.25) is 4.79 Å². The molecule has 0 fully saturated rings. The number of halogens is 1. The third-order valence-electron chi connectivity index (χ3n) is 5.10. The molecule has 2 heterocycles. The molecule has 0 aliphatic rings. The Hall–Kier alpha value is -2.88. The minimum absolute atomic E-state index is 0.160. The van der Waals surface area contributed by atoms with E-state index < -0.39 is 0 Å². The summed E-state index contributed by atoms with van der Waals surface area (Å²) >= 11 is 8.63. The van der Waals surface area contributed by atoms with Crippen LogP contribution in [0.2, 0.25) is 5.02 Å². The van der Waals surface area contributed by atoms with Crippen LogP contribution in [0.3, 0.4) is 0 Å². The molecule has 0 aliphatic carbocycles. The summed E-state index contributed by atoms with van der Waals surface area (Å²) in [5, 5.41) is 15.1. The number of nitrogens with one attached hydrogen (secondary N) is 1. The van der Waals surface area contributed by atoms with Crippen molar-refractivity contribution in [1.82, 2.24) is 19.7 Å². The van der Waals surface area contributed by atoms with Crippen molar-refractivity contribution in [3.63, 3.8) is 0 Å². The van der Waals surface area contributed by atoms with Gasteiger partial charge in [-0.2, -0.15) is 0 Å². The Bertz CT molecular complexity index is 1260. The van der Waals surface area contributed by atoms with Crippen molar-refractivity contribution >= 4 is 45.7 Å². The second-order valence-electron chi connectivity index (χ2n) is 7.54. The predicted octanol–water partition coefficient (Wildman–Crippen LogP) is 6.03. The average molecular weight is 514 g/mol. The van der Waals surface area contributed by atoms with Crippen molar-refractivity contribution in [2.45, 2.75) is 31.5 Å². The summed E-state index contributed by atoms with van der Waals surface area (Å²) < 4.78 is 7.87. The zero-order valence-corrected chi connectivity index (χ0v) is 21.4. The minimum atomic E-state index is -0.283. The Morgan fingerprint density at radius 3 is 2.62 bits per heavy atom. The van der Waals surface area contributed by atoms with Gasteiger partial charge < -0.3 is 14.6 Å². The largest absolute Gasteiger partial charge is 0.483 e. The van der Waals surface area contributed by atoms with E-state index >= 15 is 0 Å². The lowest BCUT2D eigenvalue weighted by Gasteiger charge is -2.14. The first-order valence-corrected chi connectivity index (χ1v) is 13.0. The first-order chi connectivity index (χ1) is 16.4. The molecule has 0 saturated carbocycles. The van der Waals surface area contributed by atoms with Crippen molar-refractivity contribution in [2.75, 3.05) is 11.1 Å². The molecule has 0 unspecified atom stereocenters. The lowest BCUT2D eigenvalue weighted by Crippen LogP contribution is -2.14. The van der Waals surface area contributed by atoms with Crippen molar-refractivity contribution in [3.05, 3.63) is 70.3 Å². The Morgan fingerprint density at radius 1 is 1.18 bits per heavy atom. The zero-order valence-electron chi connectivity index (χ0n) is 19.0. The van der Waals surface area contributed by atoms with Gasteiger partial charge in [0, 0.05) is 23.0 Å². The Morgan fingerprint density at radius 2 is 1.91 bits per heavy atom. The van der Waals surface area contributed by atoms with Crippen LogP contribution < -0.4 is 10.1 Å². The second kappa shape index (κ2) is 11.0. The van der Waals surface area contributed by atoms with E-state index in [4.69, 9.17) is 16.3 Å². The summed E-state index contributed by atoms with van der Waals surface area (Å²) in [6.07, 6.45) is 0.703. The molecule has 0 bridgehead atoms. The smallest absolute Gasteiger partial charge is 0.236 e. The maximum Gasteiger partial charge on any atom is 0.236 e. The van der Waals surface area contributed by atoms with Gasteiger partial charge in [0.2, 0.25) is 5.91 Å². The zero-order chi connectivity index (χ0) is 24.1. The van der Waals surface area contributed by atoms with Crippen LogP contribution in [-0.2, 0) is 18.3 Å². The molecule has 0 aliphatic heterocycles. The fourth-order valence-electron chi connectivity index (χ4n) is 3.24. The molecular weight excluding hydrogens is 490 g/mol. The Kier molecular flexibility index (Phi) is 7.87. The predicted molar refractivity (Wildman–Crippen MR) is 138 cm³/mol. The molecule has 0 saturated heterocycles. The second-order valence-corrected chi connectivity index (χ2v) is 9.78. The van der Waals surface area contributed by atoms with E-state index in [9.17, 15) is 4.79 Å². The first-order valence-electron chi connectivity index (χ1n) is 10.7. The van der Waals surface area contributed by atoms with Gasteiger partial charge in [0.1, 0.15) is 5.75 Å². The maximum atomic E-state index is 12.5. The Labute approximate surface area is 211 Å². The lowest BCUT2D eigenvalue weighted by atomic mass is 10.2. The van der Waals surface area contributed by atoms with Crippen molar-refractivity contribution < 1.29 is 9.53 Å². The number of benzene rings is 2. The van der Waals surface area contributed by atoms with Gasteiger partial charge in [-0.1, -0.05) is 54.6 Å². The van der Waals surface area contributed by atoms with E-state index in [1.54, 1.807) is 0 Å². The number of rotatable bonds is 9. The monoisotopic (exact) mass is 513 g/mol. The van der Waals surface area contributed by atoms with Crippen LogP contribution >= 0.6 is 34.7 Å².